The van der Waals surface area contributed by atoms with E-state index in [1.807, 2.05) is 0 Å². The lowest BCUT2D eigenvalue weighted by atomic mass is 9.94. The van der Waals surface area contributed by atoms with E-state index in [2.05, 4.69) is 38.3 Å². The van der Waals surface area contributed by atoms with E-state index in [-0.39, 0.29) is 5.41 Å². The van der Waals surface area contributed by atoms with Gasteiger partial charge >= 0.3 is 0 Å². The molecule has 1 saturated heterocycles. The van der Waals surface area contributed by atoms with Gasteiger partial charge in [0.15, 0.2) is 0 Å². The summed E-state index contributed by atoms with van der Waals surface area (Å²) in [5, 5.41) is 9.32. The molecule has 0 saturated carbocycles. The average Bonchev–Trinajstić information content (AvgIpc) is 2.46. The van der Waals surface area contributed by atoms with Crippen molar-refractivity contribution in [3.63, 3.8) is 0 Å². The number of thiol groups is 1. The van der Waals surface area contributed by atoms with Gasteiger partial charge in [-0.25, -0.2) is 0 Å². The normalized spacial score (nSPS) is 29.8. The monoisotopic (exact) mass is 217 g/mol. The van der Waals surface area contributed by atoms with Gasteiger partial charge in [-0.15, -0.1) is 0 Å². The molecule has 0 radical (unpaired) electrons. The number of rotatable bonds is 4. The third kappa shape index (κ3) is 2.88. The third-order valence-electron chi connectivity index (χ3n) is 3.24. The van der Waals surface area contributed by atoms with Gasteiger partial charge in [0, 0.05) is 12.6 Å². The highest BCUT2D eigenvalue weighted by molar-refractivity contribution is 7.80. The SMILES string of the molecule is CC1CCN(CC(C)(C)CS)C1CO. The lowest BCUT2D eigenvalue weighted by molar-refractivity contribution is 0.110. The Labute approximate surface area is 93.1 Å². The Bertz CT molecular complexity index is 184. The molecule has 1 fully saturated rings. The molecule has 1 aliphatic rings. The molecule has 2 nitrogen and oxygen atoms in total. The van der Waals surface area contributed by atoms with Gasteiger partial charge in [0.25, 0.3) is 0 Å². The first-order valence-corrected chi connectivity index (χ1v) is 6.09. The molecular weight excluding hydrogens is 194 g/mol. The molecule has 0 aliphatic carbocycles. The average molecular weight is 217 g/mol. The number of hydrogen-bond acceptors (Lipinski definition) is 3. The van der Waals surface area contributed by atoms with Crippen LogP contribution in [0, 0.1) is 11.3 Å². The largest absolute Gasteiger partial charge is 0.395 e. The first-order valence-electron chi connectivity index (χ1n) is 5.46. The van der Waals surface area contributed by atoms with Crippen LogP contribution in [0.1, 0.15) is 27.2 Å². The number of nitrogens with zero attached hydrogens (tertiary/aromatic N) is 1. The minimum atomic E-state index is 0.251. The lowest BCUT2D eigenvalue weighted by Gasteiger charge is -2.33. The summed E-state index contributed by atoms with van der Waals surface area (Å²) >= 11 is 4.37. The van der Waals surface area contributed by atoms with Gasteiger partial charge in [0.2, 0.25) is 0 Å². The minimum Gasteiger partial charge on any atom is -0.395 e. The maximum atomic E-state index is 9.32. The van der Waals surface area contributed by atoms with E-state index >= 15 is 0 Å². The van der Waals surface area contributed by atoms with Gasteiger partial charge in [0.05, 0.1) is 6.61 Å². The molecule has 2 unspecified atom stereocenters. The second-order valence-corrected chi connectivity index (χ2v) is 5.62. The van der Waals surface area contributed by atoms with Crippen molar-refractivity contribution in [1.29, 1.82) is 0 Å². The Hall–Kier alpha value is 0.270. The van der Waals surface area contributed by atoms with Gasteiger partial charge in [-0.2, -0.15) is 12.6 Å². The van der Waals surface area contributed by atoms with Gasteiger partial charge < -0.3 is 5.11 Å². The standard InChI is InChI=1S/C11H23NOS/c1-9-4-5-12(10(9)6-13)7-11(2,3)8-14/h9-10,13-14H,4-8H2,1-3H3. The predicted molar refractivity (Wildman–Crippen MR) is 63.9 cm³/mol. The molecule has 1 heterocycles. The molecular formula is C11H23NOS. The number of aliphatic hydroxyl groups excluding tert-OH is 1. The van der Waals surface area contributed by atoms with Crippen LogP contribution in [-0.2, 0) is 0 Å². The molecule has 1 rings (SSSR count). The Morgan fingerprint density at radius 2 is 2.14 bits per heavy atom. The van der Waals surface area contributed by atoms with Crippen molar-refractivity contribution in [3.05, 3.63) is 0 Å². The fourth-order valence-electron chi connectivity index (χ4n) is 2.18. The summed E-state index contributed by atoms with van der Waals surface area (Å²) in [5.41, 5.74) is 0.251. The molecule has 0 aromatic heterocycles. The second-order valence-electron chi connectivity index (χ2n) is 5.31. The molecule has 0 spiro atoms. The molecule has 14 heavy (non-hydrogen) atoms. The van der Waals surface area contributed by atoms with E-state index in [0.717, 1.165) is 18.8 Å². The van der Waals surface area contributed by atoms with Crippen molar-refractivity contribution >= 4 is 12.6 Å². The molecule has 0 amide bonds. The van der Waals surface area contributed by atoms with Crippen molar-refractivity contribution in [1.82, 2.24) is 4.90 Å². The second kappa shape index (κ2) is 4.86. The Morgan fingerprint density at radius 3 is 2.64 bits per heavy atom. The number of hydrogen-bond donors (Lipinski definition) is 2. The molecule has 0 aromatic carbocycles. The van der Waals surface area contributed by atoms with E-state index in [9.17, 15) is 5.11 Å². The van der Waals surface area contributed by atoms with Crippen LogP contribution in [0.4, 0.5) is 0 Å². The van der Waals surface area contributed by atoms with Crippen molar-refractivity contribution in [3.8, 4) is 0 Å². The van der Waals surface area contributed by atoms with Crippen LogP contribution in [0.5, 0.6) is 0 Å². The predicted octanol–water partition coefficient (Wildman–Crippen LogP) is 1.65. The Morgan fingerprint density at radius 1 is 1.50 bits per heavy atom. The first-order chi connectivity index (χ1) is 6.50. The van der Waals surface area contributed by atoms with Crippen LogP contribution in [0.15, 0.2) is 0 Å². The summed E-state index contributed by atoms with van der Waals surface area (Å²) in [6.07, 6.45) is 1.22. The summed E-state index contributed by atoms with van der Waals surface area (Å²) in [5.74, 6) is 1.53. The summed E-state index contributed by atoms with van der Waals surface area (Å²) in [6.45, 7) is 9.17. The molecule has 2 atom stereocenters. The zero-order valence-corrected chi connectivity index (χ0v) is 10.4. The maximum Gasteiger partial charge on any atom is 0.0589 e. The third-order valence-corrected chi connectivity index (χ3v) is 4.10. The highest BCUT2D eigenvalue weighted by atomic mass is 32.1. The lowest BCUT2D eigenvalue weighted by Crippen LogP contribution is -2.41. The smallest absolute Gasteiger partial charge is 0.0589 e. The van der Waals surface area contributed by atoms with E-state index in [1.54, 1.807) is 0 Å². The molecule has 0 bridgehead atoms. The van der Waals surface area contributed by atoms with Crippen LogP contribution in [0.3, 0.4) is 0 Å². The van der Waals surface area contributed by atoms with Gasteiger partial charge in [-0.05, 0) is 30.1 Å². The summed E-state index contributed by atoms with van der Waals surface area (Å²) in [4.78, 5) is 2.42. The van der Waals surface area contributed by atoms with Gasteiger partial charge in [0.1, 0.15) is 0 Å². The first kappa shape index (κ1) is 12.3. The summed E-state index contributed by atoms with van der Waals surface area (Å²) in [6, 6.07) is 0.370. The van der Waals surface area contributed by atoms with Crippen molar-refractivity contribution in [2.24, 2.45) is 11.3 Å². The fourth-order valence-corrected chi connectivity index (χ4v) is 2.28. The van der Waals surface area contributed by atoms with Crippen molar-refractivity contribution in [2.75, 3.05) is 25.4 Å². The van der Waals surface area contributed by atoms with Crippen LogP contribution < -0.4 is 0 Å². The van der Waals surface area contributed by atoms with Crippen LogP contribution in [0.25, 0.3) is 0 Å². The van der Waals surface area contributed by atoms with Crippen molar-refractivity contribution in [2.45, 2.75) is 33.2 Å². The maximum absolute atomic E-state index is 9.32. The van der Waals surface area contributed by atoms with E-state index in [4.69, 9.17) is 0 Å². The fraction of sp³-hybridized carbons (Fsp3) is 1.00. The molecule has 0 aromatic rings. The zero-order chi connectivity index (χ0) is 10.8. The van der Waals surface area contributed by atoms with E-state index < -0.39 is 0 Å². The quantitative estimate of drug-likeness (QED) is 0.700. The van der Waals surface area contributed by atoms with E-state index in [0.29, 0.717) is 18.6 Å². The summed E-state index contributed by atoms with van der Waals surface area (Å²) < 4.78 is 0. The summed E-state index contributed by atoms with van der Waals surface area (Å²) in [7, 11) is 0. The molecule has 1 aliphatic heterocycles. The van der Waals surface area contributed by atoms with E-state index in [1.165, 1.54) is 6.42 Å². The number of aliphatic hydroxyl groups is 1. The minimum absolute atomic E-state index is 0.251. The van der Waals surface area contributed by atoms with Gasteiger partial charge in [-0.3, -0.25) is 4.90 Å². The van der Waals surface area contributed by atoms with Crippen LogP contribution in [-0.4, -0.2) is 41.5 Å². The van der Waals surface area contributed by atoms with Gasteiger partial charge in [-0.1, -0.05) is 20.8 Å². The van der Waals surface area contributed by atoms with Crippen LogP contribution in [0.2, 0.25) is 0 Å². The molecule has 3 heteroatoms. The van der Waals surface area contributed by atoms with Crippen molar-refractivity contribution < 1.29 is 5.11 Å². The Balaban J connectivity index is 2.52. The topological polar surface area (TPSA) is 23.5 Å². The number of likely N-dealkylation sites (tertiary alicyclic amines) is 1. The molecule has 84 valence electrons. The Kier molecular flexibility index (Phi) is 4.29. The zero-order valence-electron chi connectivity index (χ0n) is 9.53. The molecule has 1 N–H and O–H groups in total. The highest BCUT2D eigenvalue weighted by Gasteiger charge is 2.33. The van der Waals surface area contributed by atoms with Crippen LogP contribution >= 0.6 is 12.6 Å². The highest BCUT2D eigenvalue weighted by Crippen LogP contribution is 2.28.